The van der Waals surface area contributed by atoms with E-state index >= 15 is 0 Å². The molecule has 0 bridgehead atoms. The Labute approximate surface area is 115 Å². The molecular weight excluding hydrogens is 238 g/mol. The van der Waals surface area contributed by atoms with E-state index in [0.29, 0.717) is 17.7 Å². The van der Waals surface area contributed by atoms with E-state index in [1.165, 1.54) is 12.8 Å². The van der Waals surface area contributed by atoms with E-state index in [4.69, 9.17) is 0 Å². The lowest BCUT2D eigenvalue weighted by molar-refractivity contribution is 0.0751. The van der Waals surface area contributed by atoms with Gasteiger partial charge in [0, 0.05) is 19.1 Å². The maximum atomic E-state index is 12.4. The molecule has 104 valence electrons. The number of anilines is 1. The van der Waals surface area contributed by atoms with Gasteiger partial charge in [-0.3, -0.25) is 4.79 Å². The molecule has 2 rings (SSSR count). The molecule has 0 aliphatic heterocycles. The van der Waals surface area contributed by atoms with Crippen molar-refractivity contribution in [3.8, 4) is 0 Å². The first-order valence-corrected chi connectivity index (χ1v) is 7.13. The molecule has 0 unspecified atom stereocenters. The summed E-state index contributed by atoms with van der Waals surface area (Å²) in [5.41, 5.74) is 0.535. The molecule has 1 N–H and O–H groups in total. The number of pyridine rings is 1. The van der Waals surface area contributed by atoms with Crippen molar-refractivity contribution in [1.29, 1.82) is 0 Å². The molecule has 0 atom stereocenters. The van der Waals surface area contributed by atoms with Crippen LogP contribution in [0.2, 0.25) is 0 Å². The second-order valence-corrected chi connectivity index (χ2v) is 5.49. The number of carbonyl (C=O) groups excluding carboxylic acids is 1. The van der Waals surface area contributed by atoms with Crippen LogP contribution in [0.1, 0.15) is 44.1 Å². The van der Waals surface area contributed by atoms with Gasteiger partial charge in [0.15, 0.2) is 0 Å². The Morgan fingerprint density at radius 3 is 2.79 bits per heavy atom. The van der Waals surface area contributed by atoms with Crippen LogP contribution >= 0.6 is 0 Å². The molecule has 0 spiro atoms. The summed E-state index contributed by atoms with van der Waals surface area (Å²) in [6.07, 6.45) is 2.51. The Morgan fingerprint density at radius 1 is 1.47 bits per heavy atom. The fourth-order valence-corrected chi connectivity index (χ4v) is 2.06. The van der Waals surface area contributed by atoms with E-state index < -0.39 is 0 Å². The third kappa shape index (κ3) is 3.94. The first-order chi connectivity index (χ1) is 9.10. The zero-order valence-corrected chi connectivity index (χ0v) is 12.0. The Hall–Kier alpha value is -1.58. The SMILES string of the molecule is CCN(CC1CC1)C(=O)c1cccc(NC(C)C)n1. The molecule has 19 heavy (non-hydrogen) atoms. The molecular formula is C15H23N3O. The minimum atomic E-state index is 0.0433. The van der Waals surface area contributed by atoms with Crippen molar-refractivity contribution in [3.05, 3.63) is 23.9 Å². The summed E-state index contributed by atoms with van der Waals surface area (Å²) >= 11 is 0. The van der Waals surface area contributed by atoms with Crippen molar-refractivity contribution in [1.82, 2.24) is 9.88 Å². The molecule has 0 aromatic carbocycles. The number of hydrogen-bond donors (Lipinski definition) is 1. The van der Waals surface area contributed by atoms with Gasteiger partial charge in [0.1, 0.15) is 11.5 Å². The van der Waals surface area contributed by atoms with Gasteiger partial charge >= 0.3 is 0 Å². The van der Waals surface area contributed by atoms with Crippen molar-refractivity contribution in [2.45, 2.75) is 39.7 Å². The van der Waals surface area contributed by atoms with Gasteiger partial charge in [0.2, 0.25) is 0 Å². The topological polar surface area (TPSA) is 45.2 Å². The summed E-state index contributed by atoms with van der Waals surface area (Å²) in [4.78, 5) is 18.7. The second kappa shape index (κ2) is 6.04. The lowest BCUT2D eigenvalue weighted by atomic mass is 10.2. The summed E-state index contributed by atoms with van der Waals surface area (Å²) in [5, 5.41) is 3.23. The highest BCUT2D eigenvalue weighted by atomic mass is 16.2. The van der Waals surface area contributed by atoms with Crippen molar-refractivity contribution in [2.24, 2.45) is 5.92 Å². The molecule has 1 aliphatic rings. The standard InChI is InChI=1S/C15H23N3O/c1-4-18(10-12-8-9-12)15(19)13-6-5-7-14(17-13)16-11(2)3/h5-7,11-12H,4,8-10H2,1-3H3,(H,16,17). The monoisotopic (exact) mass is 261 g/mol. The zero-order chi connectivity index (χ0) is 13.8. The highest BCUT2D eigenvalue weighted by Crippen LogP contribution is 2.30. The molecule has 1 heterocycles. The molecule has 0 radical (unpaired) electrons. The van der Waals surface area contributed by atoms with Gasteiger partial charge in [-0.2, -0.15) is 0 Å². The maximum Gasteiger partial charge on any atom is 0.272 e. The fourth-order valence-electron chi connectivity index (χ4n) is 2.06. The molecule has 1 amide bonds. The Kier molecular flexibility index (Phi) is 4.40. The highest BCUT2D eigenvalue weighted by molar-refractivity contribution is 5.92. The van der Waals surface area contributed by atoms with Crippen LogP contribution in [0.3, 0.4) is 0 Å². The van der Waals surface area contributed by atoms with Crippen LogP contribution in [0, 0.1) is 5.92 Å². The van der Waals surface area contributed by atoms with Crippen LogP contribution in [-0.2, 0) is 0 Å². The summed E-state index contributed by atoms with van der Waals surface area (Å²) < 4.78 is 0. The van der Waals surface area contributed by atoms with Crippen LogP contribution < -0.4 is 5.32 Å². The molecule has 4 heteroatoms. The Morgan fingerprint density at radius 2 is 2.21 bits per heavy atom. The van der Waals surface area contributed by atoms with Crippen molar-refractivity contribution in [3.63, 3.8) is 0 Å². The Bertz CT molecular complexity index is 441. The summed E-state index contributed by atoms with van der Waals surface area (Å²) in [6.45, 7) is 7.76. The van der Waals surface area contributed by atoms with Crippen LogP contribution in [0.25, 0.3) is 0 Å². The number of nitrogens with one attached hydrogen (secondary N) is 1. The molecule has 1 aromatic rings. The number of rotatable bonds is 6. The average Bonchev–Trinajstić information content (AvgIpc) is 3.18. The average molecular weight is 261 g/mol. The van der Waals surface area contributed by atoms with Crippen LogP contribution in [0.4, 0.5) is 5.82 Å². The van der Waals surface area contributed by atoms with Gasteiger partial charge in [-0.15, -0.1) is 0 Å². The van der Waals surface area contributed by atoms with Gasteiger partial charge in [0.05, 0.1) is 0 Å². The van der Waals surface area contributed by atoms with Crippen molar-refractivity contribution < 1.29 is 4.79 Å². The molecule has 1 aliphatic carbocycles. The largest absolute Gasteiger partial charge is 0.368 e. The quantitative estimate of drug-likeness (QED) is 0.856. The number of amides is 1. The molecule has 0 saturated heterocycles. The molecule has 1 aromatic heterocycles. The normalized spacial score (nSPS) is 14.5. The predicted molar refractivity (Wildman–Crippen MR) is 77.3 cm³/mol. The predicted octanol–water partition coefficient (Wildman–Crippen LogP) is 2.77. The fraction of sp³-hybridized carbons (Fsp3) is 0.600. The number of hydrogen-bond acceptors (Lipinski definition) is 3. The van der Waals surface area contributed by atoms with E-state index in [9.17, 15) is 4.79 Å². The minimum Gasteiger partial charge on any atom is -0.368 e. The smallest absolute Gasteiger partial charge is 0.272 e. The van der Waals surface area contributed by atoms with Gasteiger partial charge in [0.25, 0.3) is 5.91 Å². The third-order valence-electron chi connectivity index (χ3n) is 3.25. The van der Waals surface area contributed by atoms with Crippen molar-refractivity contribution in [2.75, 3.05) is 18.4 Å². The first-order valence-electron chi connectivity index (χ1n) is 7.13. The third-order valence-corrected chi connectivity index (χ3v) is 3.25. The van der Waals surface area contributed by atoms with E-state index in [2.05, 4.69) is 24.1 Å². The lowest BCUT2D eigenvalue weighted by Gasteiger charge is -2.20. The maximum absolute atomic E-state index is 12.4. The number of carbonyl (C=O) groups is 1. The van der Waals surface area contributed by atoms with Gasteiger partial charge in [-0.25, -0.2) is 4.98 Å². The summed E-state index contributed by atoms with van der Waals surface area (Å²) in [6, 6.07) is 5.89. The van der Waals surface area contributed by atoms with E-state index in [1.54, 1.807) is 6.07 Å². The van der Waals surface area contributed by atoms with Gasteiger partial charge in [-0.05, 0) is 51.7 Å². The first kappa shape index (κ1) is 13.8. The lowest BCUT2D eigenvalue weighted by Crippen LogP contribution is -2.33. The summed E-state index contributed by atoms with van der Waals surface area (Å²) in [5.74, 6) is 1.52. The molecule has 4 nitrogen and oxygen atoms in total. The van der Waals surface area contributed by atoms with Crippen LogP contribution in [0.15, 0.2) is 18.2 Å². The number of nitrogens with zero attached hydrogens (tertiary/aromatic N) is 2. The van der Waals surface area contributed by atoms with Crippen molar-refractivity contribution >= 4 is 11.7 Å². The highest BCUT2D eigenvalue weighted by Gasteiger charge is 2.26. The van der Waals surface area contributed by atoms with E-state index in [-0.39, 0.29) is 5.91 Å². The van der Waals surface area contributed by atoms with Gasteiger partial charge < -0.3 is 10.2 Å². The second-order valence-electron chi connectivity index (χ2n) is 5.49. The van der Waals surface area contributed by atoms with E-state index in [0.717, 1.165) is 18.9 Å². The van der Waals surface area contributed by atoms with Crippen LogP contribution in [0.5, 0.6) is 0 Å². The van der Waals surface area contributed by atoms with Gasteiger partial charge in [-0.1, -0.05) is 6.07 Å². The number of aromatic nitrogens is 1. The van der Waals surface area contributed by atoms with E-state index in [1.807, 2.05) is 24.0 Å². The minimum absolute atomic E-state index is 0.0433. The Balaban J connectivity index is 2.07. The summed E-state index contributed by atoms with van der Waals surface area (Å²) in [7, 11) is 0. The zero-order valence-electron chi connectivity index (χ0n) is 12.0. The van der Waals surface area contributed by atoms with Crippen LogP contribution in [-0.4, -0.2) is 34.9 Å². The molecule has 1 fully saturated rings. The molecule has 1 saturated carbocycles.